The molecular formula is C14H10BrClN2S. The molecule has 1 aromatic heterocycles. The number of hydrogen-bond donors (Lipinski definition) is 1. The number of rotatable bonds is 1. The van der Waals surface area contributed by atoms with Crippen molar-refractivity contribution in [1.82, 2.24) is 9.55 Å². The lowest BCUT2D eigenvalue weighted by molar-refractivity contribution is 1.05. The van der Waals surface area contributed by atoms with Crippen LogP contribution in [0.2, 0.25) is 5.02 Å². The van der Waals surface area contributed by atoms with Gasteiger partial charge < -0.3 is 4.98 Å². The van der Waals surface area contributed by atoms with E-state index in [9.17, 15) is 0 Å². The lowest BCUT2D eigenvalue weighted by Gasteiger charge is -2.09. The molecule has 0 atom stereocenters. The molecule has 3 aromatic rings. The van der Waals surface area contributed by atoms with Gasteiger partial charge in [0, 0.05) is 9.50 Å². The Balaban J connectivity index is 2.46. The van der Waals surface area contributed by atoms with Gasteiger partial charge in [-0.2, -0.15) is 0 Å². The molecule has 19 heavy (non-hydrogen) atoms. The Kier molecular flexibility index (Phi) is 3.25. The number of nitrogens with zero attached hydrogens (tertiary/aromatic N) is 1. The van der Waals surface area contributed by atoms with E-state index < -0.39 is 0 Å². The number of aromatic nitrogens is 2. The van der Waals surface area contributed by atoms with Crippen LogP contribution in [-0.2, 0) is 0 Å². The Hall–Kier alpha value is -1.10. The molecule has 0 saturated heterocycles. The highest BCUT2D eigenvalue weighted by atomic mass is 79.9. The summed E-state index contributed by atoms with van der Waals surface area (Å²) in [7, 11) is 0. The minimum atomic E-state index is 0.660. The van der Waals surface area contributed by atoms with Crippen molar-refractivity contribution >= 4 is 50.8 Å². The quantitative estimate of drug-likeness (QED) is 0.580. The number of aromatic amines is 1. The minimum Gasteiger partial charge on any atom is -0.330 e. The van der Waals surface area contributed by atoms with Gasteiger partial charge in [0.05, 0.1) is 16.7 Å². The summed E-state index contributed by atoms with van der Waals surface area (Å²) in [4.78, 5) is 3.23. The molecule has 3 rings (SSSR count). The first kappa shape index (κ1) is 12.9. The molecular weight excluding hydrogens is 344 g/mol. The van der Waals surface area contributed by atoms with Crippen molar-refractivity contribution in [3.63, 3.8) is 0 Å². The molecule has 5 heteroatoms. The molecule has 0 saturated carbocycles. The highest BCUT2D eigenvalue weighted by Crippen LogP contribution is 2.29. The van der Waals surface area contributed by atoms with Crippen molar-refractivity contribution in [2.45, 2.75) is 6.92 Å². The summed E-state index contributed by atoms with van der Waals surface area (Å²) < 4.78 is 3.63. The summed E-state index contributed by atoms with van der Waals surface area (Å²) in [6.45, 7) is 2.07. The zero-order chi connectivity index (χ0) is 13.6. The minimum absolute atomic E-state index is 0.660. The SMILES string of the molecule is Cc1cccc2[nH]c(=S)n(-c3cc(Cl)ccc3Br)c12. The molecule has 0 aliphatic carbocycles. The predicted octanol–water partition coefficient (Wildman–Crippen LogP) is 5.41. The molecule has 0 aliphatic heterocycles. The molecule has 1 heterocycles. The third-order valence-corrected chi connectivity index (χ3v) is 4.25. The van der Waals surface area contributed by atoms with E-state index in [1.54, 1.807) is 0 Å². The van der Waals surface area contributed by atoms with Gasteiger partial charge in [0.15, 0.2) is 4.77 Å². The maximum absolute atomic E-state index is 6.10. The van der Waals surface area contributed by atoms with E-state index in [2.05, 4.69) is 33.9 Å². The highest BCUT2D eigenvalue weighted by molar-refractivity contribution is 9.10. The topological polar surface area (TPSA) is 20.7 Å². The first-order chi connectivity index (χ1) is 9.08. The fourth-order valence-electron chi connectivity index (χ4n) is 2.22. The number of H-pyrrole nitrogens is 1. The predicted molar refractivity (Wildman–Crippen MR) is 85.9 cm³/mol. The van der Waals surface area contributed by atoms with E-state index in [1.807, 2.05) is 34.9 Å². The zero-order valence-corrected chi connectivity index (χ0v) is 13.2. The number of halogens is 2. The van der Waals surface area contributed by atoms with Gasteiger partial charge >= 0.3 is 0 Å². The lowest BCUT2D eigenvalue weighted by Crippen LogP contribution is -1.96. The Morgan fingerprint density at radius 1 is 1.26 bits per heavy atom. The summed E-state index contributed by atoms with van der Waals surface area (Å²) in [6, 6.07) is 11.8. The van der Waals surface area contributed by atoms with Crippen LogP contribution in [0.1, 0.15) is 5.56 Å². The molecule has 2 nitrogen and oxygen atoms in total. The summed E-state index contributed by atoms with van der Waals surface area (Å²) >= 11 is 15.1. The van der Waals surface area contributed by atoms with Gasteiger partial charge in [-0.05, 0) is 64.9 Å². The van der Waals surface area contributed by atoms with Crippen LogP contribution in [-0.4, -0.2) is 9.55 Å². The molecule has 0 amide bonds. The van der Waals surface area contributed by atoms with Gasteiger partial charge in [-0.3, -0.25) is 4.57 Å². The average molecular weight is 354 g/mol. The van der Waals surface area contributed by atoms with Gasteiger partial charge in [-0.15, -0.1) is 0 Å². The van der Waals surface area contributed by atoms with Crippen LogP contribution < -0.4 is 0 Å². The summed E-state index contributed by atoms with van der Waals surface area (Å²) in [5.74, 6) is 0. The Morgan fingerprint density at radius 3 is 2.84 bits per heavy atom. The largest absolute Gasteiger partial charge is 0.330 e. The third-order valence-electron chi connectivity index (χ3n) is 3.06. The van der Waals surface area contributed by atoms with Crippen molar-refractivity contribution in [1.29, 1.82) is 0 Å². The van der Waals surface area contributed by atoms with Crippen LogP contribution in [0, 0.1) is 11.7 Å². The van der Waals surface area contributed by atoms with Crippen molar-refractivity contribution in [3.05, 3.63) is 56.2 Å². The van der Waals surface area contributed by atoms with Crippen molar-refractivity contribution < 1.29 is 0 Å². The van der Waals surface area contributed by atoms with E-state index >= 15 is 0 Å². The van der Waals surface area contributed by atoms with Crippen molar-refractivity contribution in [2.75, 3.05) is 0 Å². The Labute approximate surface area is 129 Å². The van der Waals surface area contributed by atoms with E-state index in [1.165, 1.54) is 0 Å². The standard InChI is InChI=1S/C14H10BrClN2S/c1-8-3-2-4-11-13(8)18(14(19)17-11)12-7-9(16)5-6-10(12)15/h2-7H,1H3,(H,17,19). The number of para-hydroxylation sites is 1. The summed E-state index contributed by atoms with van der Waals surface area (Å²) in [6.07, 6.45) is 0. The molecule has 0 radical (unpaired) electrons. The molecule has 2 aromatic carbocycles. The van der Waals surface area contributed by atoms with Crippen LogP contribution in [0.4, 0.5) is 0 Å². The van der Waals surface area contributed by atoms with Gasteiger partial charge in [0.25, 0.3) is 0 Å². The Bertz CT molecular complexity index is 835. The van der Waals surface area contributed by atoms with Gasteiger partial charge in [0.2, 0.25) is 0 Å². The molecule has 0 fully saturated rings. The molecule has 0 unspecified atom stereocenters. The summed E-state index contributed by atoms with van der Waals surface area (Å²) in [5.41, 5.74) is 4.21. The zero-order valence-electron chi connectivity index (χ0n) is 10.1. The number of benzene rings is 2. The van der Waals surface area contributed by atoms with Gasteiger partial charge in [0.1, 0.15) is 0 Å². The van der Waals surface area contributed by atoms with Crippen molar-refractivity contribution in [3.8, 4) is 5.69 Å². The first-order valence-electron chi connectivity index (χ1n) is 5.73. The number of nitrogens with one attached hydrogen (secondary N) is 1. The first-order valence-corrected chi connectivity index (χ1v) is 7.31. The third kappa shape index (κ3) is 2.14. The number of hydrogen-bond acceptors (Lipinski definition) is 1. The van der Waals surface area contributed by atoms with Gasteiger partial charge in [-0.1, -0.05) is 23.7 Å². The molecule has 0 bridgehead atoms. The van der Waals surface area contributed by atoms with Crippen LogP contribution in [0.3, 0.4) is 0 Å². The van der Waals surface area contributed by atoms with E-state index in [4.69, 9.17) is 23.8 Å². The van der Waals surface area contributed by atoms with Gasteiger partial charge in [-0.25, -0.2) is 0 Å². The highest BCUT2D eigenvalue weighted by Gasteiger charge is 2.11. The summed E-state index contributed by atoms with van der Waals surface area (Å²) in [5, 5.41) is 0.683. The second-order valence-electron chi connectivity index (χ2n) is 4.33. The van der Waals surface area contributed by atoms with E-state index in [0.717, 1.165) is 26.8 Å². The Morgan fingerprint density at radius 2 is 2.05 bits per heavy atom. The van der Waals surface area contributed by atoms with Crippen LogP contribution in [0.5, 0.6) is 0 Å². The number of fused-ring (bicyclic) bond motifs is 1. The molecule has 96 valence electrons. The van der Waals surface area contributed by atoms with Crippen LogP contribution in [0.15, 0.2) is 40.9 Å². The van der Waals surface area contributed by atoms with Crippen LogP contribution in [0.25, 0.3) is 16.7 Å². The average Bonchev–Trinajstić information content (AvgIpc) is 2.70. The smallest absolute Gasteiger partial charge is 0.182 e. The number of aryl methyl sites for hydroxylation is 1. The molecule has 1 N–H and O–H groups in total. The monoisotopic (exact) mass is 352 g/mol. The second kappa shape index (κ2) is 4.78. The maximum atomic E-state index is 6.10. The maximum Gasteiger partial charge on any atom is 0.182 e. The molecule has 0 aliphatic rings. The number of imidazole rings is 1. The lowest BCUT2D eigenvalue weighted by atomic mass is 10.2. The fraction of sp³-hybridized carbons (Fsp3) is 0.0714. The fourth-order valence-corrected chi connectivity index (χ4v) is 3.11. The van der Waals surface area contributed by atoms with Crippen molar-refractivity contribution in [2.24, 2.45) is 0 Å². The second-order valence-corrected chi connectivity index (χ2v) is 6.01. The normalized spacial score (nSPS) is 11.1. The van der Waals surface area contributed by atoms with Crippen LogP contribution >= 0.6 is 39.7 Å². The van der Waals surface area contributed by atoms with E-state index in [-0.39, 0.29) is 0 Å². The van der Waals surface area contributed by atoms with E-state index in [0.29, 0.717) is 9.79 Å². The molecule has 0 spiro atoms.